The first-order valence-electron chi connectivity index (χ1n) is 8.56. The lowest BCUT2D eigenvalue weighted by molar-refractivity contribution is 0.0935. The first-order chi connectivity index (χ1) is 12.4. The van der Waals surface area contributed by atoms with E-state index >= 15 is 0 Å². The second kappa shape index (κ2) is 7.82. The number of carbonyl (C=O) groups excluding carboxylic acids is 1. The molecule has 1 unspecified atom stereocenters. The second-order valence-corrected chi connectivity index (χ2v) is 8.65. The molecule has 1 aliphatic rings. The highest BCUT2D eigenvalue weighted by Crippen LogP contribution is 2.13. The van der Waals surface area contributed by atoms with Crippen molar-refractivity contribution in [3.8, 4) is 0 Å². The number of nitrogens with zero attached hydrogens (tertiary/aromatic N) is 2. The number of nitrogens with one attached hydrogen (secondary N) is 2. The van der Waals surface area contributed by atoms with E-state index in [0.29, 0.717) is 24.6 Å². The van der Waals surface area contributed by atoms with Crippen molar-refractivity contribution < 1.29 is 13.2 Å². The van der Waals surface area contributed by atoms with Gasteiger partial charge in [0.2, 0.25) is 0 Å². The zero-order valence-electron chi connectivity index (χ0n) is 14.6. The average Bonchev–Trinajstić information content (AvgIpc) is 2.94. The Labute approximate surface area is 153 Å². The summed E-state index contributed by atoms with van der Waals surface area (Å²) in [7, 11) is -3.04. The predicted molar refractivity (Wildman–Crippen MR) is 99.9 cm³/mol. The Bertz CT molecular complexity index is 885. The summed E-state index contributed by atoms with van der Waals surface area (Å²) < 4.78 is 23.0. The van der Waals surface area contributed by atoms with Crippen molar-refractivity contribution in [3.63, 3.8) is 0 Å². The molecule has 1 fully saturated rings. The van der Waals surface area contributed by atoms with Crippen LogP contribution in [0, 0.1) is 6.92 Å². The zero-order chi connectivity index (χ0) is 18.6. The molecule has 0 radical (unpaired) electrons. The van der Waals surface area contributed by atoms with E-state index < -0.39 is 9.84 Å². The topological polar surface area (TPSA) is 101 Å². The van der Waals surface area contributed by atoms with Crippen molar-refractivity contribution in [2.24, 2.45) is 0 Å². The fourth-order valence-electron chi connectivity index (χ4n) is 2.92. The monoisotopic (exact) mass is 374 g/mol. The third-order valence-corrected chi connectivity index (χ3v) is 5.97. The van der Waals surface area contributed by atoms with Gasteiger partial charge in [0.1, 0.15) is 17.3 Å². The minimum Gasteiger partial charge on any atom is -0.370 e. The van der Waals surface area contributed by atoms with Crippen LogP contribution < -0.4 is 10.6 Å². The zero-order valence-corrected chi connectivity index (χ0v) is 15.4. The molecule has 1 aromatic carbocycles. The van der Waals surface area contributed by atoms with Crippen LogP contribution in [0.5, 0.6) is 0 Å². The van der Waals surface area contributed by atoms with Crippen LogP contribution >= 0.6 is 0 Å². The molecule has 1 atom stereocenters. The lowest BCUT2D eigenvalue weighted by atomic mass is 10.1. The summed E-state index contributed by atoms with van der Waals surface area (Å²) in [6.07, 6.45) is 1.28. The van der Waals surface area contributed by atoms with Crippen molar-refractivity contribution in [2.75, 3.05) is 23.4 Å². The molecule has 1 saturated heterocycles. The van der Waals surface area contributed by atoms with Crippen LogP contribution in [0.2, 0.25) is 0 Å². The molecule has 0 bridgehead atoms. The van der Waals surface area contributed by atoms with Crippen molar-refractivity contribution in [2.45, 2.75) is 25.8 Å². The fourth-order valence-corrected chi connectivity index (χ4v) is 4.60. The van der Waals surface area contributed by atoms with Crippen LogP contribution in [0.25, 0.3) is 0 Å². The molecule has 2 N–H and O–H groups in total. The lowest BCUT2D eigenvalue weighted by Crippen LogP contribution is -2.36. The van der Waals surface area contributed by atoms with Crippen molar-refractivity contribution in [3.05, 3.63) is 53.5 Å². The quantitative estimate of drug-likeness (QED) is 0.792. The van der Waals surface area contributed by atoms with Gasteiger partial charge in [-0.1, -0.05) is 30.3 Å². The molecule has 0 spiro atoms. The van der Waals surface area contributed by atoms with E-state index in [1.807, 2.05) is 18.2 Å². The number of benzene rings is 1. The van der Waals surface area contributed by atoms with Crippen LogP contribution in [0.1, 0.15) is 28.3 Å². The number of aryl methyl sites for hydroxylation is 1. The highest BCUT2D eigenvalue weighted by molar-refractivity contribution is 7.91. The summed E-state index contributed by atoms with van der Waals surface area (Å²) >= 11 is 0. The molecule has 138 valence electrons. The molecule has 0 aliphatic carbocycles. The van der Waals surface area contributed by atoms with Gasteiger partial charge in [0.25, 0.3) is 5.91 Å². The smallest absolute Gasteiger partial charge is 0.270 e. The van der Waals surface area contributed by atoms with E-state index in [2.05, 4.69) is 32.7 Å². The van der Waals surface area contributed by atoms with Gasteiger partial charge >= 0.3 is 0 Å². The van der Waals surface area contributed by atoms with Crippen LogP contribution in [0.15, 0.2) is 36.4 Å². The van der Waals surface area contributed by atoms with Gasteiger partial charge in [-0.2, -0.15) is 0 Å². The SMILES string of the molecule is Cc1nc(NCCc2ccccc2)cc(C(=O)NC2CCS(=O)(=O)C2)n1. The number of hydrogen-bond acceptors (Lipinski definition) is 6. The maximum atomic E-state index is 12.4. The Morgan fingerprint density at radius 1 is 1.23 bits per heavy atom. The summed E-state index contributed by atoms with van der Waals surface area (Å²) in [5, 5.41) is 5.96. The normalized spacial score (nSPS) is 18.4. The molecule has 2 heterocycles. The van der Waals surface area contributed by atoms with Crippen LogP contribution in [-0.2, 0) is 16.3 Å². The van der Waals surface area contributed by atoms with Gasteiger partial charge in [0.05, 0.1) is 11.5 Å². The summed E-state index contributed by atoms with van der Waals surface area (Å²) in [4.78, 5) is 20.9. The summed E-state index contributed by atoms with van der Waals surface area (Å²) in [5.74, 6) is 0.804. The minimum atomic E-state index is -3.04. The van der Waals surface area contributed by atoms with E-state index in [9.17, 15) is 13.2 Å². The lowest BCUT2D eigenvalue weighted by Gasteiger charge is -2.12. The third kappa shape index (κ3) is 5.01. The number of carbonyl (C=O) groups is 1. The Morgan fingerprint density at radius 2 is 2.00 bits per heavy atom. The first-order valence-corrected chi connectivity index (χ1v) is 10.4. The molecule has 3 rings (SSSR count). The number of anilines is 1. The standard InChI is InChI=1S/C18H22N4O3S/c1-13-20-16(18(23)22-15-8-10-26(24,25)12-15)11-17(21-13)19-9-7-14-5-3-2-4-6-14/h2-6,11,15H,7-10,12H2,1H3,(H,22,23)(H,19,20,21). The molecular weight excluding hydrogens is 352 g/mol. The van der Waals surface area contributed by atoms with Gasteiger partial charge in [0, 0.05) is 18.7 Å². The Balaban J connectivity index is 1.60. The molecular formula is C18H22N4O3S. The Hall–Kier alpha value is -2.48. The average molecular weight is 374 g/mol. The maximum Gasteiger partial charge on any atom is 0.270 e. The van der Waals surface area contributed by atoms with E-state index in [-0.39, 0.29) is 29.1 Å². The third-order valence-electron chi connectivity index (χ3n) is 4.20. The fraction of sp³-hybridized carbons (Fsp3) is 0.389. The highest BCUT2D eigenvalue weighted by Gasteiger charge is 2.29. The molecule has 1 amide bonds. The number of sulfone groups is 1. The van der Waals surface area contributed by atoms with Gasteiger partial charge in [-0.3, -0.25) is 4.79 Å². The minimum absolute atomic E-state index is 0.00894. The van der Waals surface area contributed by atoms with Crippen molar-refractivity contribution >= 4 is 21.6 Å². The summed E-state index contributed by atoms with van der Waals surface area (Å²) in [6.45, 7) is 2.40. The van der Waals surface area contributed by atoms with Crippen LogP contribution in [0.4, 0.5) is 5.82 Å². The van der Waals surface area contributed by atoms with E-state index in [4.69, 9.17) is 0 Å². The molecule has 1 aromatic heterocycles. The first kappa shape index (κ1) is 18.3. The largest absolute Gasteiger partial charge is 0.370 e. The van der Waals surface area contributed by atoms with Crippen LogP contribution in [-0.4, -0.2) is 48.4 Å². The number of rotatable bonds is 6. The van der Waals surface area contributed by atoms with E-state index in [1.165, 1.54) is 5.56 Å². The molecule has 0 saturated carbocycles. The predicted octanol–water partition coefficient (Wildman–Crippen LogP) is 1.36. The molecule has 8 heteroatoms. The van der Waals surface area contributed by atoms with E-state index in [1.54, 1.807) is 13.0 Å². The van der Waals surface area contributed by atoms with Gasteiger partial charge < -0.3 is 10.6 Å². The number of aromatic nitrogens is 2. The number of amides is 1. The highest BCUT2D eigenvalue weighted by atomic mass is 32.2. The molecule has 26 heavy (non-hydrogen) atoms. The van der Waals surface area contributed by atoms with Gasteiger partial charge in [-0.15, -0.1) is 0 Å². The van der Waals surface area contributed by atoms with Crippen molar-refractivity contribution in [1.82, 2.24) is 15.3 Å². The molecule has 2 aromatic rings. The Kier molecular flexibility index (Phi) is 5.51. The van der Waals surface area contributed by atoms with Gasteiger partial charge in [-0.25, -0.2) is 18.4 Å². The van der Waals surface area contributed by atoms with Crippen LogP contribution in [0.3, 0.4) is 0 Å². The Morgan fingerprint density at radius 3 is 2.69 bits per heavy atom. The molecule has 1 aliphatic heterocycles. The summed E-state index contributed by atoms with van der Waals surface area (Å²) in [5.41, 5.74) is 1.45. The molecule has 7 nitrogen and oxygen atoms in total. The van der Waals surface area contributed by atoms with Crippen molar-refractivity contribution in [1.29, 1.82) is 0 Å². The van der Waals surface area contributed by atoms with Gasteiger partial charge in [0.15, 0.2) is 9.84 Å². The second-order valence-electron chi connectivity index (χ2n) is 6.42. The van der Waals surface area contributed by atoms with E-state index in [0.717, 1.165) is 6.42 Å². The summed E-state index contributed by atoms with van der Waals surface area (Å²) in [6, 6.07) is 11.3. The van der Waals surface area contributed by atoms with Gasteiger partial charge in [-0.05, 0) is 25.3 Å². The number of hydrogen-bond donors (Lipinski definition) is 2. The maximum absolute atomic E-state index is 12.4.